The van der Waals surface area contributed by atoms with E-state index in [0.29, 0.717) is 24.1 Å². The lowest BCUT2D eigenvalue weighted by Crippen LogP contribution is -2.12. The van der Waals surface area contributed by atoms with Crippen LogP contribution in [0, 0.1) is 0 Å². The van der Waals surface area contributed by atoms with Gasteiger partial charge in [0.15, 0.2) is 0 Å². The van der Waals surface area contributed by atoms with Crippen LogP contribution < -0.4 is 0 Å². The summed E-state index contributed by atoms with van der Waals surface area (Å²) in [5.74, 6) is -0.0683. The number of halogens is 3. The smallest absolute Gasteiger partial charge is 0.388 e. The summed E-state index contributed by atoms with van der Waals surface area (Å²) in [6, 6.07) is 0. The summed E-state index contributed by atoms with van der Waals surface area (Å²) in [4.78, 5) is 7.91. The Labute approximate surface area is 110 Å². The highest BCUT2D eigenvalue weighted by Gasteiger charge is 2.11. The average Bonchev–Trinajstić information content (AvgIpc) is 2.38. The van der Waals surface area contributed by atoms with Gasteiger partial charge in [-0.1, -0.05) is 12.2 Å². The molecule has 0 fully saturated rings. The Bertz CT molecular complexity index is 414. The summed E-state index contributed by atoms with van der Waals surface area (Å²) in [7, 11) is 0. The first-order valence-electron chi connectivity index (χ1n) is 6.02. The highest BCUT2D eigenvalue weighted by molar-refractivity contribution is 5.92. The third-order valence-electron chi connectivity index (χ3n) is 2.58. The van der Waals surface area contributed by atoms with Crippen LogP contribution in [0.15, 0.2) is 33.4 Å². The molecule has 1 unspecified atom stereocenters. The Morgan fingerprint density at radius 2 is 2.37 bits per heavy atom. The van der Waals surface area contributed by atoms with Crippen LogP contribution in [0.4, 0.5) is 13.2 Å². The first-order valence-corrected chi connectivity index (χ1v) is 6.02. The molecule has 1 atom stereocenters. The Kier molecular flexibility index (Phi) is 6.32. The minimum Gasteiger partial charge on any atom is -0.417 e. The molecule has 0 spiro atoms. The number of alkyl halides is 3. The summed E-state index contributed by atoms with van der Waals surface area (Å²) in [6.07, 6.45) is 4.32. The van der Waals surface area contributed by atoms with Crippen LogP contribution in [0.3, 0.4) is 0 Å². The van der Waals surface area contributed by atoms with Gasteiger partial charge in [-0.05, 0) is 13.8 Å². The number of nitrogens with zero attached hydrogens (tertiary/aromatic N) is 2. The molecule has 1 aliphatic heterocycles. The quantitative estimate of drug-likeness (QED) is 0.556. The lowest BCUT2D eigenvalue weighted by molar-refractivity contribution is -0.0600. The second kappa shape index (κ2) is 7.76. The first-order chi connectivity index (χ1) is 9.02. The molecule has 0 amide bonds. The Balaban J connectivity index is 2.54. The van der Waals surface area contributed by atoms with Crippen LogP contribution >= 0.6 is 0 Å². The molecule has 0 radical (unpaired) electrons. The zero-order chi connectivity index (χ0) is 14.3. The van der Waals surface area contributed by atoms with Gasteiger partial charge < -0.3 is 4.74 Å². The molecule has 0 aromatic carbocycles. The van der Waals surface area contributed by atoms with E-state index in [9.17, 15) is 13.2 Å². The maximum Gasteiger partial charge on any atom is 0.388 e. The van der Waals surface area contributed by atoms with Crippen molar-refractivity contribution in [1.29, 1.82) is 0 Å². The monoisotopic (exact) mass is 274 g/mol. The van der Waals surface area contributed by atoms with Crippen LogP contribution in [0.2, 0.25) is 0 Å². The number of rotatable bonds is 5. The molecule has 0 N–H and O–H groups in total. The van der Waals surface area contributed by atoms with Gasteiger partial charge in [0.05, 0.1) is 0 Å². The fraction of sp³-hybridized carbons (Fsp3) is 0.538. The van der Waals surface area contributed by atoms with Gasteiger partial charge in [0.1, 0.15) is 6.17 Å². The largest absolute Gasteiger partial charge is 0.417 e. The van der Waals surface area contributed by atoms with E-state index in [1.807, 2.05) is 0 Å². The van der Waals surface area contributed by atoms with Crippen molar-refractivity contribution in [3.8, 4) is 0 Å². The van der Waals surface area contributed by atoms with Crippen molar-refractivity contribution in [2.45, 2.75) is 39.5 Å². The minimum atomic E-state index is -2.90. The number of allylic oxidation sites excluding steroid dienone is 2. The second-order valence-corrected chi connectivity index (χ2v) is 4.01. The molecule has 0 saturated heterocycles. The lowest BCUT2D eigenvalue weighted by Gasteiger charge is -2.10. The third kappa shape index (κ3) is 5.72. The van der Waals surface area contributed by atoms with E-state index in [2.05, 4.69) is 14.7 Å². The van der Waals surface area contributed by atoms with Gasteiger partial charge in [0.25, 0.3) is 0 Å². The standard InChI is InChI=1S/C13H17F3N2O/c1-3-9(2)12(19-13(15)16)17-7-6-11-5-4-10(14)8-18-11/h3,5,8,10,13H,4,6-7H2,1-2H3/b9-3-,17-12+. The highest BCUT2D eigenvalue weighted by Crippen LogP contribution is 2.13. The molecule has 1 rings (SSSR count). The lowest BCUT2D eigenvalue weighted by atomic mass is 10.2. The second-order valence-electron chi connectivity index (χ2n) is 4.01. The molecule has 3 nitrogen and oxygen atoms in total. The molecular weight excluding hydrogens is 257 g/mol. The van der Waals surface area contributed by atoms with Gasteiger partial charge in [-0.25, -0.2) is 4.39 Å². The molecule has 1 aliphatic rings. The zero-order valence-electron chi connectivity index (χ0n) is 10.9. The van der Waals surface area contributed by atoms with Crippen molar-refractivity contribution in [2.24, 2.45) is 9.98 Å². The summed E-state index contributed by atoms with van der Waals surface area (Å²) >= 11 is 0. The molecule has 1 heterocycles. The number of hydrogen-bond acceptors (Lipinski definition) is 3. The van der Waals surface area contributed by atoms with Crippen molar-refractivity contribution in [1.82, 2.24) is 0 Å². The number of hydrogen-bond donors (Lipinski definition) is 0. The van der Waals surface area contributed by atoms with E-state index in [4.69, 9.17) is 0 Å². The van der Waals surface area contributed by atoms with Gasteiger partial charge in [-0.2, -0.15) is 8.78 Å². The van der Waals surface area contributed by atoms with Crippen LogP contribution in [0.1, 0.15) is 26.7 Å². The third-order valence-corrected chi connectivity index (χ3v) is 2.58. The Morgan fingerprint density at radius 1 is 1.63 bits per heavy atom. The van der Waals surface area contributed by atoms with Crippen molar-refractivity contribution < 1.29 is 17.9 Å². The van der Waals surface area contributed by atoms with Crippen LogP contribution in [0.5, 0.6) is 0 Å². The van der Waals surface area contributed by atoms with Crippen molar-refractivity contribution in [3.05, 3.63) is 23.4 Å². The maximum atomic E-state index is 12.8. The molecule has 0 saturated carbocycles. The van der Waals surface area contributed by atoms with Gasteiger partial charge in [0.2, 0.25) is 5.90 Å². The minimum absolute atomic E-state index is 0.0683. The van der Waals surface area contributed by atoms with Gasteiger partial charge in [0, 0.05) is 36.9 Å². The van der Waals surface area contributed by atoms with Crippen molar-refractivity contribution in [2.75, 3.05) is 6.54 Å². The van der Waals surface area contributed by atoms with E-state index in [1.165, 1.54) is 6.21 Å². The summed E-state index contributed by atoms with van der Waals surface area (Å²) in [6.45, 7) is 0.739. The predicted octanol–water partition coefficient (Wildman–Crippen LogP) is 3.68. The summed E-state index contributed by atoms with van der Waals surface area (Å²) in [5.41, 5.74) is 1.26. The van der Waals surface area contributed by atoms with Crippen molar-refractivity contribution >= 4 is 12.1 Å². The van der Waals surface area contributed by atoms with E-state index >= 15 is 0 Å². The SMILES string of the molecule is C/C=C(C)\C(=N/CCC1=CCC(F)C=N1)OC(F)F. The molecular formula is C13H17F3N2O. The van der Waals surface area contributed by atoms with Gasteiger partial charge >= 0.3 is 6.61 Å². The summed E-state index contributed by atoms with van der Waals surface area (Å²) in [5, 5.41) is 0. The molecule has 106 valence electrons. The fourth-order valence-corrected chi connectivity index (χ4v) is 1.44. The number of aliphatic imine (C=N–C) groups is 2. The van der Waals surface area contributed by atoms with E-state index in [-0.39, 0.29) is 12.4 Å². The number of ether oxygens (including phenoxy) is 1. The molecule has 6 heteroatoms. The Morgan fingerprint density at radius 3 is 2.89 bits per heavy atom. The van der Waals surface area contributed by atoms with E-state index in [1.54, 1.807) is 26.0 Å². The van der Waals surface area contributed by atoms with Crippen LogP contribution in [0.25, 0.3) is 0 Å². The van der Waals surface area contributed by atoms with Crippen molar-refractivity contribution in [3.63, 3.8) is 0 Å². The predicted molar refractivity (Wildman–Crippen MR) is 69.5 cm³/mol. The molecule has 0 aromatic rings. The maximum absolute atomic E-state index is 12.8. The van der Waals surface area contributed by atoms with Gasteiger partial charge in [-0.3, -0.25) is 9.98 Å². The molecule has 0 aromatic heterocycles. The van der Waals surface area contributed by atoms with E-state index in [0.717, 1.165) is 0 Å². The fourth-order valence-electron chi connectivity index (χ4n) is 1.44. The normalized spacial score (nSPS) is 20.7. The first kappa shape index (κ1) is 15.5. The molecule has 19 heavy (non-hydrogen) atoms. The van der Waals surface area contributed by atoms with Crippen LogP contribution in [-0.2, 0) is 4.74 Å². The van der Waals surface area contributed by atoms with Gasteiger partial charge in [-0.15, -0.1) is 0 Å². The molecule has 0 aliphatic carbocycles. The zero-order valence-corrected chi connectivity index (χ0v) is 10.9. The summed E-state index contributed by atoms with van der Waals surface area (Å²) < 4.78 is 41.5. The topological polar surface area (TPSA) is 34.0 Å². The van der Waals surface area contributed by atoms with Crippen LogP contribution in [-0.4, -0.2) is 31.4 Å². The molecule has 0 bridgehead atoms. The van der Waals surface area contributed by atoms with E-state index < -0.39 is 12.8 Å². The Hall–Kier alpha value is -1.59. The average molecular weight is 274 g/mol. The highest BCUT2D eigenvalue weighted by atomic mass is 19.3.